The number of carbonyl (C=O) groups is 1. The average molecular weight is 412 g/mol. The second kappa shape index (κ2) is 11.0. The fourth-order valence-electron chi connectivity index (χ4n) is 2.70. The van der Waals surface area contributed by atoms with E-state index in [0.717, 1.165) is 11.1 Å². The van der Waals surface area contributed by atoms with Crippen molar-refractivity contribution in [1.82, 2.24) is 0 Å². The first-order valence-corrected chi connectivity index (χ1v) is 9.40. The molecule has 0 saturated carbocycles. The van der Waals surface area contributed by atoms with Crippen molar-refractivity contribution in [3.63, 3.8) is 0 Å². The Morgan fingerprint density at radius 2 is 1.47 bits per heavy atom. The Hall–Kier alpha value is -3.41. The molecule has 0 aromatic heterocycles. The van der Waals surface area contributed by atoms with Gasteiger partial charge in [-0.05, 0) is 61.9 Å². The molecule has 160 valence electrons. The molecular formula is C24H28O6. The number of hydrogen-bond acceptors (Lipinski definition) is 6. The first kappa shape index (κ1) is 22.9. The van der Waals surface area contributed by atoms with Gasteiger partial charge >= 0.3 is 0 Å². The SMILES string of the molecule is COc1cc(C(=O)/C=C/c2cc(OC)c(OC)c(OC)c2)ccc1OCC=C(C)C. The van der Waals surface area contributed by atoms with E-state index in [1.807, 2.05) is 19.9 Å². The van der Waals surface area contributed by atoms with Crippen LogP contribution in [-0.4, -0.2) is 40.8 Å². The van der Waals surface area contributed by atoms with Crippen molar-refractivity contribution in [1.29, 1.82) is 0 Å². The third-order valence-corrected chi connectivity index (χ3v) is 4.29. The smallest absolute Gasteiger partial charge is 0.203 e. The number of allylic oxidation sites excluding steroid dienone is 2. The van der Waals surface area contributed by atoms with Gasteiger partial charge in [0.15, 0.2) is 28.8 Å². The molecule has 0 aliphatic heterocycles. The summed E-state index contributed by atoms with van der Waals surface area (Å²) >= 11 is 0. The molecule has 0 aliphatic rings. The second-order valence-corrected chi connectivity index (χ2v) is 6.61. The molecular weight excluding hydrogens is 384 g/mol. The summed E-state index contributed by atoms with van der Waals surface area (Å²) in [4.78, 5) is 12.7. The molecule has 0 radical (unpaired) electrons. The van der Waals surface area contributed by atoms with E-state index >= 15 is 0 Å². The van der Waals surface area contributed by atoms with Gasteiger partial charge < -0.3 is 23.7 Å². The standard InChI is InChI=1S/C24H28O6/c1-16(2)11-12-30-20-10-8-18(15-21(20)26-3)19(25)9-7-17-13-22(27-4)24(29-6)23(14-17)28-5/h7-11,13-15H,12H2,1-6H3/b9-7+. The Kier molecular flexibility index (Phi) is 8.35. The van der Waals surface area contributed by atoms with E-state index in [1.165, 1.54) is 6.08 Å². The molecule has 0 fully saturated rings. The fraction of sp³-hybridized carbons (Fsp3) is 0.292. The van der Waals surface area contributed by atoms with Gasteiger partial charge in [0.1, 0.15) is 6.61 Å². The van der Waals surface area contributed by atoms with E-state index in [0.29, 0.717) is 40.9 Å². The molecule has 6 heteroatoms. The molecule has 0 saturated heterocycles. The quantitative estimate of drug-likeness (QED) is 0.312. The number of hydrogen-bond donors (Lipinski definition) is 0. The van der Waals surface area contributed by atoms with Gasteiger partial charge in [-0.2, -0.15) is 0 Å². The van der Waals surface area contributed by atoms with Gasteiger partial charge in [-0.1, -0.05) is 11.6 Å². The highest BCUT2D eigenvalue weighted by atomic mass is 16.5. The van der Waals surface area contributed by atoms with Crippen LogP contribution in [-0.2, 0) is 0 Å². The van der Waals surface area contributed by atoms with Crippen LogP contribution in [0, 0.1) is 0 Å². The summed E-state index contributed by atoms with van der Waals surface area (Å²) in [6.45, 7) is 4.44. The Morgan fingerprint density at radius 1 is 0.833 bits per heavy atom. The molecule has 0 amide bonds. The van der Waals surface area contributed by atoms with Gasteiger partial charge in [-0.25, -0.2) is 0 Å². The van der Waals surface area contributed by atoms with Crippen LogP contribution in [0.4, 0.5) is 0 Å². The topological polar surface area (TPSA) is 63.2 Å². The molecule has 2 aromatic carbocycles. The Morgan fingerprint density at radius 3 is 2.00 bits per heavy atom. The van der Waals surface area contributed by atoms with Crippen LogP contribution in [0.1, 0.15) is 29.8 Å². The van der Waals surface area contributed by atoms with Crippen LogP contribution in [0.3, 0.4) is 0 Å². The molecule has 0 atom stereocenters. The first-order valence-electron chi connectivity index (χ1n) is 9.40. The van der Waals surface area contributed by atoms with Gasteiger partial charge in [0.25, 0.3) is 0 Å². The number of methoxy groups -OCH3 is 4. The number of carbonyl (C=O) groups excluding carboxylic acids is 1. The molecule has 0 N–H and O–H groups in total. The lowest BCUT2D eigenvalue weighted by Crippen LogP contribution is -2.00. The van der Waals surface area contributed by atoms with E-state index in [4.69, 9.17) is 23.7 Å². The number of benzene rings is 2. The lowest BCUT2D eigenvalue weighted by Gasteiger charge is -2.12. The lowest BCUT2D eigenvalue weighted by molar-refractivity contribution is 0.104. The summed E-state index contributed by atoms with van der Waals surface area (Å²) in [7, 11) is 6.18. The van der Waals surface area contributed by atoms with Crippen molar-refractivity contribution in [2.24, 2.45) is 0 Å². The normalized spacial score (nSPS) is 10.5. The molecule has 0 heterocycles. The van der Waals surface area contributed by atoms with Crippen LogP contribution in [0.15, 0.2) is 48.1 Å². The highest BCUT2D eigenvalue weighted by Gasteiger charge is 2.13. The van der Waals surface area contributed by atoms with Gasteiger partial charge in [-0.3, -0.25) is 4.79 Å². The summed E-state index contributed by atoms with van der Waals surface area (Å²) in [6, 6.07) is 8.65. The molecule has 0 spiro atoms. The van der Waals surface area contributed by atoms with Crippen molar-refractivity contribution >= 4 is 11.9 Å². The van der Waals surface area contributed by atoms with Crippen LogP contribution in [0.25, 0.3) is 6.08 Å². The summed E-state index contributed by atoms with van der Waals surface area (Å²) in [6.07, 6.45) is 5.15. The zero-order chi connectivity index (χ0) is 22.1. The molecule has 0 unspecified atom stereocenters. The summed E-state index contributed by atoms with van der Waals surface area (Å²) < 4.78 is 27.1. The van der Waals surface area contributed by atoms with Crippen molar-refractivity contribution in [3.8, 4) is 28.7 Å². The zero-order valence-electron chi connectivity index (χ0n) is 18.3. The highest BCUT2D eigenvalue weighted by molar-refractivity contribution is 6.07. The molecule has 2 rings (SSSR count). The largest absolute Gasteiger partial charge is 0.493 e. The van der Waals surface area contributed by atoms with Crippen molar-refractivity contribution in [2.45, 2.75) is 13.8 Å². The van der Waals surface area contributed by atoms with Gasteiger partial charge in [-0.15, -0.1) is 0 Å². The Balaban J connectivity index is 2.23. The highest BCUT2D eigenvalue weighted by Crippen LogP contribution is 2.38. The Bertz CT molecular complexity index is 914. The van der Waals surface area contributed by atoms with Gasteiger partial charge in [0, 0.05) is 5.56 Å². The van der Waals surface area contributed by atoms with E-state index < -0.39 is 0 Å². The number of ether oxygens (including phenoxy) is 5. The van der Waals surface area contributed by atoms with Crippen molar-refractivity contribution < 1.29 is 28.5 Å². The minimum atomic E-state index is -0.169. The number of rotatable bonds is 10. The van der Waals surface area contributed by atoms with Gasteiger partial charge in [0.05, 0.1) is 28.4 Å². The fourth-order valence-corrected chi connectivity index (χ4v) is 2.70. The average Bonchev–Trinajstić information content (AvgIpc) is 2.76. The van der Waals surface area contributed by atoms with Crippen LogP contribution in [0.5, 0.6) is 28.7 Å². The Labute approximate surface area is 177 Å². The van der Waals surface area contributed by atoms with Gasteiger partial charge in [0.2, 0.25) is 5.75 Å². The maximum atomic E-state index is 12.7. The van der Waals surface area contributed by atoms with Crippen LogP contribution < -0.4 is 23.7 Å². The maximum absolute atomic E-state index is 12.7. The van der Waals surface area contributed by atoms with E-state index in [9.17, 15) is 4.79 Å². The predicted molar refractivity (Wildman–Crippen MR) is 117 cm³/mol. The monoisotopic (exact) mass is 412 g/mol. The molecule has 0 bridgehead atoms. The van der Waals surface area contributed by atoms with Crippen LogP contribution >= 0.6 is 0 Å². The summed E-state index contributed by atoms with van der Waals surface area (Å²) in [5, 5.41) is 0. The maximum Gasteiger partial charge on any atom is 0.203 e. The first-order chi connectivity index (χ1) is 14.4. The van der Waals surface area contributed by atoms with Crippen molar-refractivity contribution in [2.75, 3.05) is 35.0 Å². The molecule has 2 aromatic rings. The zero-order valence-corrected chi connectivity index (χ0v) is 18.3. The summed E-state index contributed by atoms with van der Waals surface area (Å²) in [5.74, 6) is 2.45. The summed E-state index contributed by atoms with van der Waals surface area (Å²) in [5.41, 5.74) is 2.40. The third kappa shape index (κ3) is 5.80. The molecule has 30 heavy (non-hydrogen) atoms. The minimum Gasteiger partial charge on any atom is -0.493 e. The van der Waals surface area contributed by atoms with Crippen molar-refractivity contribution in [3.05, 3.63) is 59.2 Å². The van der Waals surface area contributed by atoms with E-state index in [-0.39, 0.29) is 5.78 Å². The number of ketones is 1. The lowest BCUT2D eigenvalue weighted by atomic mass is 10.1. The predicted octanol–water partition coefficient (Wildman–Crippen LogP) is 4.96. The van der Waals surface area contributed by atoms with Crippen LogP contribution in [0.2, 0.25) is 0 Å². The minimum absolute atomic E-state index is 0.169. The third-order valence-electron chi connectivity index (χ3n) is 4.29. The van der Waals surface area contributed by atoms with E-state index in [2.05, 4.69) is 0 Å². The second-order valence-electron chi connectivity index (χ2n) is 6.61. The van der Waals surface area contributed by atoms with E-state index in [1.54, 1.807) is 64.8 Å². The molecule has 6 nitrogen and oxygen atoms in total. The molecule has 0 aliphatic carbocycles.